The first-order valence-corrected chi connectivity index (χ1v) is 9.55. The van der Waals surface area contributed by atoms with Gasteiger partial charge in [-0.25, -0.2) is 13.2 Å². The molecule has 6 nitrogen and oxygen atoms in total. The van der Waals surface area contributed by atoms with Gasteiger partial charge in [-0.3, -0.25) is 0 Å². The molecule has 1 aromatic carbocycles. The highest BCUT2D eigenvalue weighted by molar-refractivity contribution is 7.91. The maximum absolute atomic E-state index is 12.4. The molecule has 0 unspecified atom stereocenters. The van der Waals surface area contributed by atoms with E-state index < -0.39 is 15.9 Å². The molecule has 0 saturated heterocycles. The Kier molecular flexibility index (Phi) is 6.03. The van der Waals surface area contributed by atoms with Gasteiger partial charge in [0.2, 0.25) is 0 Å². The van der Waals surface area contributed by atoms with Crippen LogP contribution in [-0.4, -0.2) is 44.4 Å². The summed E-state index contributed by atoms with van der Waals surface area (Å²) < 4.78 is 28.6. The van der Waals surface area contributed by atoms with Crippen LogP contribution < -0.4 is 5.32 Å². The molecule has 1 atom stereocenters. The molecule has 0 bridgehead atoms. The number of amides is 2. The summed E-state index contributed by atoms with van der Waals surface area (Å²) >= 11 is 0. The minimum atomic E-state index is -3.11. The Balaban J connectivity index is 2.08. The molecular formula is C17H22N2O4S. The van der Waals surface area contributed by atoms with Crippen molar-refractivity contribution in [1.29, 1.82) is 0 Å². The molecular weight excluding hydrogens is 328 g/mol. The lowest BCUT2D eigenvalue weighted by Gasteiger charge is -2.22. The van der Waals surface area contributed by atoms with Gasteiger partial charge in [0.15, 0.2) is 9.84 Å². The summed E-state index contributed by atoms with van der Waals surface area (Å²) in [5, 5.41) is 2.89. The zero-order valence-electron chi connectivity index (χ0n) is 13.8. The molecule has 0 spiro atoms. The molecule has 0 aliphatic carbocycles. The first-order valence-electron chi connectivity index (χ1n) is 7.73. The maximum Gasteiger partial charge on any atom is 0.318 e. The second-order valence-electron chi connectivity index (χ2n) is 5.47. The SMILES string of the molecule is CCS(=O)(=O)CCN(C)C(=O)N[C@H](c1ccccc1)c1ccco1. The molecule has 130 valence electrons. The predicted molar refractivity (Wildman–Crippen MR) is 92.5 cm³/mol. The fourth-order valence-corrected chi connectivity index (χ4v) is 3.02. The molecule has 7 heteroatoms. The van der Waals surface area contributed by atoms with Crippen LogP contribution in [0.15, 0.2) is 53.1 Å². The number of nitrogens with zero attached hydrogens (tertiary/aromatic N) is 1. The van der Waals surface area contributed by atoms with E-state index in [2.05, 4.69) is 5.32 Å². The van der Waals surface area contributed by atoms with Crippen molar-refractivity contribution in [2.24, 2.45) is 0 Å². The van der Waals surface area contributed by atoms with E-state index in [9.17, 15) is 13.2 Å². The van der Waals surface area contributed by atoms with E-state index in [1.807, 2.05) is 30.3 Å². The Morgan fingerprint density at radius 2 is 1.92 bits per heavy atom. The van der Waals surface area contributed by atoms with Crippen LogP contribution in [0.3, 0.4) is 0 Å². The molecule has 2 amide bonds. The number of rotatable bonds is 7. The second kappa shape index (κ2) is 8.01. The highest BCUT2D eigenvalue weighted by Gasteiger charge is 2.21. The number of furan rings is 1. The first-order chi connectivity index (χ1) is 11.4. The monoisotopic (exact) mass is 350 g/mol. The van der Waals surface area contributed by atoms with Crippen molar-refractivity contribution >= 4 is 15.9 Å². The quantitative estimate of drug-likeness (QED) is 0.832. The van der Waals surface area contributed by atoms with E-state index in [0.717, 1.165) is 5.56 Å². The van der Waals surface area contributed by atoms with Crippen LogP contribution in [0.5, 0.6) is 0 Å². The molecule has 24 heavy (non-hydrogen) atoms. The van der Waals surface area contributed by atoms with Crippen molar-refractivity contribution in [2.45, 2.75) is 13.0 Å². The van der Waals surface area contributed by atoms with Gasteiger partial charge in [0, 0.05) is 19.3 Å². The van der Waals surface area contributed by atoms with Gasteiger partial charge in [-0.1, -0.05) is 37.3 Å². The largest absolute Gasteiger partial charge is 0.467 e. The zero-order chi connectivity index (χ0) is 17.6. The van der Waals surface area contributed by atoms with Gasteiger partial charge >= 0.3 is 6.03 Å². The second-order valence-corrected chi connectivity index (χ2v) is 7.94. The highest BCUT2D eigenvalue weighted by Crippen LogP contribution is 2.22. The Hall–Kier alpha value is -2.28. The van der Waals surface area contributed by atoms with Crippen LogP contribution in [0.25, 0.3) is 0 Å². The number of nitrogens with one attached hydrogen (secondary N) is 1. The number of benzene rings is 1. The third-order valence-electron chi connectivity index (χ3n) is 3.75. The smallest absolute Gasteiger partial charge is 0.318 e. The molecule has 0 aliphatic rings. The molecule has 0 aliphatic heterocycles. The Labute approximate surface area is 142 Å². The number of hydrogen-bond donors (Lipinski definition) is 1. The number of sulfone groups is 1. The standard InChI is InChI=1S/C17H22N2O4S/c1-3-24(21,22)13-11-19(2)17(20)18-16(15-10-7-12-23-15)14-8-5-4-6-9-14/h4-10,12,16H,3,11,13H2,1-2H3,(H,18,20)/t16-/m1/s1. The number of hydrogen-bond acceptors (Lipinski definition) is 4. The minimum Gasteiger partial charge on any atom is -0.467 e. The van der Waals surface area contributed by atoms with Gasteiger partial charge in [0.1, 0.15) is 11.8 Å². The Morgan fingerprint density at radius 3 is 2.50 bits per heavy atom. The van der Waals surface area contributed by atoms with Crippen LogP contribution in [0.4, 0.5) is 4.79 Å². The van der Waals surface area contributed by atoms with Crippen molar-refractivity contribution in [1.82, 2.24) is 10.2 Å². The summed E-state index contributed by atoms with van der Waals surface area (Å²) in [6.45, 7) is 1.74. The molecule has 2 rings (SSSR count). The number of carbonyl (C=O) groups is 1. The van der Waals surface area contributed by atoms with Gasteiger partial charge in [-0.15, -0.1) is 0 Å². The van der Waals surface area contributed by atoms with Gasteiger partial charge in [-0.05, 0) is 17.7 Å². The fourth-order valence-electron chi connectivity index (χ4n) is 2.18. The summed E-state index contributed by atoms with van der Waals surface area (Å²) in [5.41, 5.74) is 0.885. The maximum atomic E-state index is 12.4. The summed E-state index contributed by atoms with van der Waals surface area (Å²) in [6, 6.07) is 12.2. The van der Waals surface area contributed by atoms with Crippen LogP contribution in [0.2, 0.25) is 0 Å². The highest BCUT2D eigenvalue weighted by atomic mass is 32.2. The predicted octanol–water partition coefficient (Wildman–Crippen LogP) is 2.45. The summed E-state index contributed by atoms with van der Waals surface area (Å²) in [6.07, 6.45) is 1.55. The van der Waals surface area contributed by atoms with E-state index in [4.69, 9.17) is 4.42 Å². The average Bonchev–Trinajstić information content (AvgIpc) is 3.12. The third-order valence-corrected chi connectivity index (χ3v) is 5.44. The zero-order valence-corrected chi connectivity index (χ0v) is 14.6. The van der Waals surface area contributed by atoms with Crippen molar-refractivity contribution in [2.75, 3.05) is 25.1 Å². The average molecular weight is 350 g/mol. The molecule has 1 aromatic heterocycles. The van der Waals surface area contributed by atoms with Gasteiger partial charge < -0.3 is 14.6 Å². The van der Waals surface area contributed by atoms with Crippen molar-refractivity contribution < 1.29 is 17.6 Å². The first kappa shape index (κ1) is 18.1. The van der Waals surface area contributed by atoms with Gasteiger partial charge in [0.25, 0.3) is 0 Å². The summed E-state index contributed by atoms with van der Waals surface area (Å²) in [4.78, 5) is 13.8. The van der Waals surface area contributed by atoms with Crippen molar-refractivity contribution in [3.8, 4) is 0 Å². The molecule has 0 saturated carbocycles. The summed E-state index contributed by atoms with van der Waals surface area (Å²) in [5.74, 6) is 0.634. The number of carbonyl (C=O) groups excluding carboxylic acids is 1. The Morgan fingerprint density at radius 1 is 1.21 bits per heavy atom. The fraction of sp³-hybridized carbons (Fsp3) is 0.353. The van der Waals surface area contributed by atoms with E-state index >= 15 is 0 Å². The molecule has 0 fully saturated rings. The van der Waals surface area contributed by atoms with E-state index in [0.29, 0.717) is 5.76 Å². The van der Waals surface area contributed by atoms with Crippen molar-refractivity contribution in [3.63, 3.8) is 0 Å². The van der Waals surface area contributed by atoms with E-state index in [-0.39, 0.29) is 24.1 Å². The van der Waals surface area contributed by atoms with E-state index in [1.165, 1.54) is 4.90 Å². The number of urea groups is 1. The van der Waals surface area contributed by atoms with Crippen LogP contribution in [0.1, 0.15) is 24.3 Å². The minimum absolute atomic E-state index is 0.0514. The lowest BCUT2D eigenvalue weighted by molar-refractivity contribution is 0.207. The van der Waals surface area contributed by atoms with Crippen molar-refractivity contribution in [3.05, 3.63) is 60.1 Å². The molecule has 1 N–H and O–H groups in total. The topological polar surface area (TPSA) is 79.6 Å². The molecule has 0 radical (unpaired) electrons. The third kappa shape index (κ3) is 4.86. The van der Waals surface area contributed by atoms with Crippen LogP contribution in [0, 0.1) is 0 Å². The van der Waals surface area contributed by atoms with Gasteiger partial charge in [-0.2, -0.15) is 0 Å². The normalized spacial score (nSPS) is 12.6. The molecule has 1 heterocycles. The van der Waals surface area contributed by atoms with Crippen LogP contribution >= 0.6 is 0 Å². The Bertz CT molecular complexity index is 742. The van der Waals surface area contributed by atoms with Gasteiger partial charge in [0.05, 0.1) is 12.0 Å². The summed E-state index contributed by atoms with van der Waals surface area (Å²) in [7, 11) is -1.54. The lowest BCUT2D eigenvalue weighted by Crippen LogP contribution is -2.41. The van der Waals surface area contributed by atoms with E-state index in [1.54, 1.807) is 32.4 Å². The lowest BCUT2D eigenvalue weighted by atomic mass is 10.0. The molecule has 2 aromatic rings. The van der Waals surface area contributed by atoms with Crippen LogP contribution in [-0.2, 0) is 9.84 Å².